The van der Waals surface area contributed by atoms with Crippen LogP contribution in [0.1, 0.15) is 35.3 Å². The molecule has 1 aliphatic rings. The molecule has 0 saturated carbocycles. The number of halogens is 1. The van der Waals surface area contributed by atoms with Crippen molar-refractivity contribution in [2.24, 2.45) is 5.92 Å². The highest BCUT2D eigenvalue weighted by Gasteiger charge is 2.38. The molecule has 0 aromatic heterocycles. The van der Waals surface area contributed by atoms with E-state index in [9.17, 15) is 19.2 Å². The molecule has 9 heteroatoms. The first-order chi connectivity index (χ1) is 14.8. The molecule has 1 fully saturated rings. The zero-order valence-electron chi connectivity index (χ0n) is 16.8. The second-order valence-electron chi connectivity index (χ2n) is 7.15. The summed E-state index contributed by atoms with van der Waals surface area (Å²) in [6.07, 6.45) is 0.0327. The van der Waals surface area contributed by atoms with Crippen LogP contribution in [-0.2, 0) is 19.1 Å². The number of likely N-dealkylation sites (tertiary alicyclic amines) is 1. The minimum atomic E-state index is -0.700. The van der Waals surface area contributed by atoms with Gasteiger partial charge in [-0.1, -0.05) is 41.9 Å². The van der Waals surface area contributed by atoms with Crippen molar-refractivity contribution < 1.29 is 23.9 Å². The van der Waals surface area contributed by atoms with Crippen LogP contribution in [0, 0.1) is 5.92 Å². The fraction of sp³-hybridized carbons (Fsp3) is 0.273. The van der Waals surface area contributed by atoms with Crippen molar-refractivity contribution in [3.05, 3.63) is 70.7 Å². The molecular formula is C22H22ClN3O5. The van der Waals surface area contributed by atoms with E-state index in [0.717, 1.165) is 5.56 Å². The number of esters is 1. The number of nitrogens with zero attached hydrogens (tertiary/aromatic N) is 1. The van der Waals surface area contributed by atoms with Crippen LogP contribution < -0.4 is 10.9 Å². The van der Waals surface area contributed by atoms with E-state index < -0.39 is 30.3 Å². The summed E-state index contributed by atoms with van der Waals surface area (Å²) >= 11 is 5.76. The lowest BCUT2D eigenvalue weighted by Gasteiger charge is -2.25. The summed E-state index contributed by atoms with van der Waals surface area (Å²) in [4.78, 5) is 50.1. The van der Waals surface area contributed by atoms with Gasteiger partial charge < -0.3 is 9.64 Å². The van der Waals surface area contributed by atoms with Crippen molar-refractivity contribution in [2.75, 3.05) is 13.2 Å². The van der Waals surface area contributed by atoms with Gasteiger partial charge in [0.2, 0.25) is 5.91 Å². The first kappa shape index (κ1) is 22.3. The normalized spacial score (nSPS) is 16.5. The number of hydrazine groups is 1. The first-order valence-electron chi connectivity index (χ1n) is 9.71. The van der Waals surface area contributed by atoms with Crippen LogP contribution in [0.25, 0.3) is 0 Å². The lowest BCUT2D eigenvalue weighted by atomic mass is 10.1. The smallest absolute Gasteiger partial charge is 0.311 e. The number of carbonyl (C=O) groups excluding carboxylic acids is 4. The molecule has 1 saturated heterocycles. The van der Waals surface area contributed by atoms with E-state index in [4.69, 9.17) is 16.3 Å². The van der Waals surface area contributed by atoms with Gasteiger partial charge in [-0.15, -0.1) is 0 Å². The zero-order valence-corrected chi connectivity index (χ0v) is 17.6. The van der Waals surface area contributed by atoms with Gasteiger partial charge in [0, 0.05) is 23.6 Å². The fourth-order valence-electron chi connectivity index (χ4n) is 3.27. The lowest BCUT2D eigenvalue weighted by Crippen LogP contribution is -2.43. The maximum absolute atomic E-state index is 12.4. The monoisotopic (exact) mass is 443 g/mol. The van der Waals surface area contributed by atoms with Gasteiger partial charge in [-0.25, -0.2) is 0 Å². The Morgan fingerprint density at radius 1 is 1.10 bits per heavy atom. The number of rotatable bonds is 6. The van der Waals surface area contributed by atoms with Crippen molar-refractivity contribution in [1.82, 2.24) is 15.8 Å². The maximum Gasteiger partial charge on any atom is 0.311 e. The third-order valence-electron chi connectivity index (χ3n) is 5.01. The van der Waals surface area contributed by atoms with Gasteiger partial charge in [0.15, 0.2) is 6.61 Å². The van der Waals surface area contributed by atoms with E-state index in [1.165, 1.54) is 12.1 Å². The van der Waals surface area contributed by atoms with Crippen LogP contribution in [0.4, 0.5) is 0 Å². The Morgan fingerprint density at radius 2 is 1.77 bits per heavy atom. The Labute approximate surface area is 184 Å². The standard InChI is InChI=1S/C22H22ClN3O5/c1-14(15-5-3-2-4-6-15)26-12-17(11-20(26)28)22(30)31-13-19(27)24-25-21(29)16-7-9-18(23)10-8-16/h2-10,14,17H,11-13H2,1H3,(H,24,27)(H,25,29)/t14-,17+/m0/s1. The Morgan fingerprint density at radius 3 is 2.45 bits per heavy atom. The Hall–Kier alpha value is -3.39. The molecule has 162 valence electrons. The molecule has 2 aromatic carbocycles. The zero-order chi connectivity index (χ0) is 22.4. The van der Waals surface area contributed by atoms with Gasteiger partial charge in [-0.05, 0) is 36.8 Å². The second-order valence-corrected chi connectivity index (χ2v) is 7.59. The molecular weight excluding hydrogens is 422 g/mol. The molecule has 2 N–H and O–H groups in total. The highest BCUT2D eigenvalue weighted by Crippen LogP contribution is 2.28. The van der Waals surface area contributed by atoms with Gasteiger partial charge in [-0.3, -0.25) is 30.0 Å². The number of carbonyl (C=O) groups is 4. The minimum absolute atomic E-state index is 0.0327. The summed E-state index contributed by atoms with van der Waals surface area (Å²) in [5, 5.41) is 0.481. The summed E-state index contributed by atoms with van der Waals surface area (Å²) in [5.74, 6) is -2.65. The van der Waals surface area contributed by atoms with E-state index in [0.29, 0.717) is 10.6 Å². The third kappa shape index (κ3) is 5.82. The van der Waals surface area contributed by atoms with Crippen molar-refractivity contribution in [1.29, 1.82) is 0 Å². The van der Waals surface area contributed by atoms with Crippen LogP contribution in [0.3, 0.4) is 0 Å². The summed E-state index contributed by atoms with van der Waals surface area (Å²) in [6.45, 7) is 1.55. The summed E-state index contributed by atoms with van der Waals surface area (Å²) in [5.41, 5.74) is 5.67. The number of nitrogens with one attached hydrogen (secondary N) is 2. The van der Waals surface area contributed by atoms with Crippen molar-refractivity contribution >= 4 is 35.3 Å². The van der Waals surface area contributed by atoms with E-state index in [-0.39, 0.29) is 24.9 Å². The largest absolute Gasteiger partial charge is 0.455 e. The number of hydrogen-bond acceptors (Lipinski definition) is 5. The lowest BCUT2D eigenvalue weighted by molar-refractivity contribution is -0.152. The number of benzene rings is 2. The molecule has 1 heterocycles. The number of amides is 3. The van der Waals surface area contributed by atoms with Crippen molar-refractivity contribution in [3.8, 4) is 0 Å². The predicted octanol–water partition coefficient (Wildman–Crippen LogP) is 2.25. The average Bonchev–Trinajstić information content (AvgIpc) is 3.18. The van der Waals surface area contributed by atoms with Gasteiger partial charge >= 0.3 is 5.97 Å². The molecule has 1 aliphatic heterocycles. The molecule has 8 nitrogen and oxygen atoms in total. The van der Waals surface area contributed by atoms with E-state index in [1.54, 1.807) is 17.0 Å². The van der Waals surface area contributed by atoms with E-state index in [2.05, 4.69) is 10.9 Å². The molecule has 2 aromatic rings. The van der Waals surface area contributed by atoms with Crippen molar-refractivity contribution in [2.45, 2.75) is 19.4 Å². The summed E-state index contributed by atoms with van der Waals surface area (Å²) in [7, 11) is 0. The molecule has 0 aliphatic carbocycles. The second kappa shape index (κ2) is 10.1. The molecule has 31 heavy (non-hydrogen) atoms. The molecule has 2 atom stereocenters. The highest BCUT2D eigenvalue weighted by molar-refractivity contribution is 6.30. The highest BCUT2D eigenvalue weighted by atomic mass is 35.5. The third-order valence-corrected chi connectivity index (χ3v) is 5.26. The molecule has 3 rings (SSSR count). The van der Waals surface area contributed by atoms with Gasteiger partial charge in [0.25, 0.3) is 11.8 Å². The number of hydrogen-bond donors (Lipinski definition) is 2. The van der Waals surface area contributed by atoms with Crippen LogP contribution in [-0.4, -0.2) is 41.7 Å². The van der Waals surface area contributed by atoms with Crippen LogP contribution in [0.2, 0.25) is 5.02 Å². The van der Waals surface area contributed by atoms with E-state index >= 15 is 0 Å². The van der Waals surface area contributed by atoms with Gasteiger partial charge in [0.05, 0.1) is 12.0 Å². The van der Waals surface area contributed by atoms with Crippen LogP contribution >= 0.6 is 11.6 Å². The fourth-order valence-corrected chi connectivity index (χ4v) is 3.39. The molecule has 0 unspecified atom stereocenters. The SMILES string of the molecule is C[C@@H](c1ccccc1)N1C[C@H](C(=O)OCC(=O)NNC(=O)c2ccc(Cl)cc2)CC1=O. The van der Waals surface area contributed by atoms with E-state index in [1.807, 2.05) is 37.3 Å². The van der Waals surface area contributed by atoms with Crippen LogP contribution in [0.15, 0.2) is 54.6 Å². The summed E-state index contributed by atoms with van der Waals surface area (Å²) < 4.78 is 5.02. The molecule has 0 spiro atoms. The number of ether oxygens (including phenoxy) is 1. The maximum atomic E-state index is 12.4. The topological polar surface area (TPSA) is 105 Å². The Bertz CT molecular complexity index is 965. The average molecular weight is 444 g/mol. The first-order valence-corrected chi connectivity index (χ1v) is 10.1. The van der Waals surface area contributed by atoms with Gasteiger partial charge in [-0.2, -0.15) is 0 Å². The molecule has 3 amide bonds. The molecule has 0 bridgehead atoms. The van der Waals surface area contributed by atoms with Gasteiger partial charge in [0.1, 0.15) is 0 Å². The van der Waals surface area contributed by atoms with Crippen molar-refractivity contribution in [3.63, 3.8) is 0 Å². The van der Waals surface area contributed by atoms with Crippen LogP contribution in [0.5, 0.6) is 0 Å². The Balaban J connectivity index is 1.44. The molecule has 0 radical (unpaired) electrons. The predicted molar refractivity (Wildman–Crippen MR) is 113 cm³/mol. The summed E-state index contributed by atoms with van der Waals surface area (Å²) in [6, 6.07) is 15.5. The quantitative estimate of drug-likeness (QED) is 0.526. The Kier molecular flexibility index (Phi) is 7.25. The minimum Gasteiger partial charge on any atom is -0.455 e.